The lowest BCUT2D eigenvalue weighted by atomic mass is 9.99. The number of carbonyl (C=O) groups is 1. The van der Waals surface area contributed by atoms with Gasteiger partial charge in [0.15, 0.2) is 0 Å². The van der Waals surface area contributed by atoms with Crippen LogP contribution in [0.1, 0.15) is 12.8 Å². The number of rotatable bonds is 2. The summed E-state index contributed by atoms with van der Waals surface area (Å²) in [6, 6.07) is 5.14. The van der Waals surface area contributed by atoms with Crippen molar-refractivity contribution in [3.05, 3.63) is 34.7 Å². The molecule has 1 aromatic heterocycles. The standard InChI is InChI=1S/C11H14N2O2/c14-10-5-4-9(7-12-10)8-13-6-2-1-3-11(13)15/h1-3,6,9H,4-5,7-8H2,(H,12,14). The van der Waals surface area contributed by atoms with Crippen molar-refractivity contribution in [3.63, 3.8) is 0 Å². The van der Waals surface area contributed by atoms with Gasteiger partial charge in [-0.1, -0.05) is 6.07 Å². The van der Waals surface area contributed by atoms with Gasteiger partial charge in [0.05, 0.1) is 0 Å². The summed E-state index contributed by atoms with van der Waals surface area (Å²) in [5.41, 5.74) is 0.0226. The Bertz CT molecular complexity index is 401. The van der Waals surface area contributed by atoms with E-state index >= 15 is 0 Å². The van der Waals surface area contributed by atoms with Crippen LogP contribution in [0.4, 0.5) is 0 Å². The third-order valence-corrected chi connectivity index (χ3v) is 2.72. The van der Waals surface area contributed by atoms with Crippen LogP contribution in [0.2, 0.25) is 0 Å². The van der Waals surface area contributed by atoms with Crippen molar-refractivity contribution in [3.8, 4) is 0 Å². The van der Waals surface area contributed by atoms with Crippen LogP contribution in [-0.4, -0.2) is 17.0 Å². The minimum Gasteiger partial charge on any atom is -0.356 e. The molecule has 1 aliphatic heterocycles. The van der Waals surface area contributed by atoms with E-state index in [0.29, 0.717) is 25.4 Å². The highest BCUT2D eigenvalue weighted by Crippen LogP contribution is 2.11. The van der Waals surface area contributed by atoms with Crippen molar-refractivity contribution in [1.82, 2.24) is 9.88 Å². The fourth-order valence-electron chi connectivity index (χ4n) is 1.83. The molecule has 15 heavy (non-hydrogen) atoms. The van der Waals surface area contributed by atoms with E-state index < -0.39 is 0 Å². The lowest BCUT2D eigenvalue weighted by molar-refractivity contribution is -0.123. The molecule has 2 heterocycles. The van der Waals surface area contributed by atoms with Gasteiger partial charge in [0.25, 0.3) is 5.56 Å². The molecule has 0 saturated carbocycles. The van der Waals surface area contributed by atoms with Crippen LogP contribution >= 0.6 is 0 Å². The maximum Gasteiger partial charge on any atom is 0.250 e. The van der Waals surface area contributed by atoms with Crippen LogP contribution in [0, 0.1) is 5.92 Å². The third kappa shape index (κ3) is 2.46. The SMILES string of the molecule is O=C1CCC(Cn2ccccc2=O)CN1. The Morgan fingerprint density at radius 2 is 2.27 bits per heavy atom. The molecule has 2 rings (SSSR count). The maximum absolute atomic E-state index is 11.4. The lowest BCUT2D eigenvalue weighted by Crippen LogP contribution is -2.37. The molecule has 1 N–H and O–H groups in total. The number of amides is 1. The van der Waals surface area contributed by atoms with Gasteiger partial charge in [0.2, 0.25) is 5.91 Å². The molecule has 0 aromatic carbocycles. The van der Waals surface area contributed by atoms with Gasteiger partial charge in [-0.3, -0.25) is 9.59 Å². The second-order valence-electron chi connectivity index (χ2n) is 3.90. The van der Waals surface area contributed by atoms with E-state index in [1.165, 1.54) is 0 Å². The fourth-order valence-corrected chi connectivity index (χ4v) is 1.83. The molecule has 1 saturated heterocycles. The van der Waals surface area contributed by atoms with Gasteiger partial charge in [0.1, 0.15) is 0 Å². The minimum absolute atomic E-state index is 0.0226. The van der Waals surface area contributed by atoms with Crippen LogP contribution in [0.25, 0.3) is 0 Å². The second kappa shape index (κ2) is 4.29. The van der Waals surface area contributed by atoms with Gasteiger partial charge < -0.3 is 9.88 Å². The molecule has 1 unspecified atom stereocenters. The summed E-state index contributed by atoms with van der Waals surface area (Å²) in [6.45, 7) is 1.38. The molecule has 1 atom stereocenters. The summed E-state index contributed by atoms with van der Waals surface area (Å²) >= 11 is 0. The average Bonchev–Trinajstić information content (AvgIpc) is 2.25. The number of hydrogen-bond donors (Lipinski definition) is 1. The van der Waals surface area contributed by atoms with E-state index in [0.717, 1.165) is 6.42 Å². The molecule has 0 radical (unpaired) electrons. The summed E-state index contributed by atoms with van der Waals surface area (Å²) in [7, 11) is 0. The van der Waals surface area contributed by atoms with Crippen molar-refractivity contribution < 1.29 is 4.79 Å². The molecule has 1 aromatic rings. The smallest absolute Gasteiger partial charge is 0.250 e. The molecule has 0 spiro atoms. The molecule has 1 aliphatic rings. The van der Waals surface area contributed by atoms with Crippen molar-refractivity contribution in [1.29, 1.82) is 0 Å². The molecule has 0 aliphatic carbocycles. The topological polar surface area (TPSA) is 51.1 Å². The van der Waals surface area contributed by atoms with Crippen LogP contribution in [-0.2, 0) is 11.3 Å². The average molecular weight is 206 g/mol. The Balaban J connectivity index is 2.01. The summed E-state index contributed by atoms with van der Waals surface area (Å²) in [4.78, 5) is 22.4. The molecule has 80 valence electrons. The summed E-state index contributed by atoms with van der Waals surface area (Å²) in [5.74, 6) is 0.495. The zero-order valence-electron chi connectivity index (χ0n) is 8.48. The molecule has 1 fully saturated rings. The Morgan fingerprint density at radius 1 is 1.40 bits per heavy atom. The summed E-state index contributed by atoms with van der Waals surface area (Å²) < 4.78 is 1.70. The quantitative estimate of drug-likeness (QED) is 0.760. The molecule has 4 heteroatoms. The number of hydrogen-bond acceptors (Lipinski definition) is 2. The largest absolute Gasteiger partial charge is 0.356 e. The number of nitrogens with one attached hydrogen (secondary N) is 1. The number of aromatic nitrogens is 1. The number of carbonyl (C=O) groups excluding carboxylic acids is 1. The van der Waals surface area contributed by atoms with Gasteiger partial charge in [0, 0.05) is 31.8 Å². The van der Waals surface area contributed by atoms with Crippen LogP contribution in [0.3, 0.4) is 0 Å². The maximum atomic E-state index is 11.4. The minimum atomic E-state index is 0.0226. The monoisotopic (exact) mass is 206 g/mol. The summed E-state index contributed by atoms with van der Waals surface area (Å²) in [6.07, 6.45) is 3.23. The second-order valence-corrected chi connectivity index (χ2v) is 3.90. The Hall–Kier alpha value is -1.58. The van der Waals surface area contributed by atoms with Crippen LogP contribution in [0.15, 0.2) is 29.2 Å². The van der Waals surface area contributed by atoms with E-state index in [1.54, 1.807) is 22.9 Å². The van der Waals surface area contributed by atoms with Gasteiger partial charge in [-0.05, 0) is 18.4 Å². The Kier molecular flexibility index (Phi) is 2.85. The van der Waals surface area contributed by atoms with Crippen molar-refractivity contribution in [2.24, 2.45) is 5.92 Å². The van der Waals surface area contributed by atoms with Crippen molar-refractivity contribution >= 4 is 5.91 Å². The van der Waals surface area contributed by atoms with Gasteiger partial charge in [-0.2, -0.15) is 0 Å². The highest BCUT2D eigenvalue weighted by atomic mass is 16.1. The predicted octanol–water partition coefficient (Wildman–Crippen LogP) is 0.374. The van der Waals surface area contributed by atoms with E-state index in [9.17, 15) is 9.59 Å². The van der Waals surface area contributed by atoms with E-state index in [-0.39, 0.29) is 11.5 Å². The third-order valence-electron chi connectivity index (χ3n) is 2.72. The van der Waals surface area contributed by atoms with E-state index in [2.05, 4.69) is 5.32 Å². The van der Waals surface area contributed by atoms with E-state index in [4.69, 9.17) is 0 Å². The first kappa shape index (κ1) is 9.96. The fraction of sp³-hybridized carbons (Fsp3) is 0.455. The first-order valence-corrected chi connectivity index (χ1v) is 5.18. The van der Waals surface area contributed by atoms with Crippen LogP contribution < -0.4 is 10.9 Å². The van der Waals surface area contributed by atoms with Gasteiger partial charge >= 0.3 is 0 Å². The zero-order valence-corrected chi connectivity index (χ0v) is 8.48. The summed E-state index contributed by atoms with van der Waals surface area (Å²) in [5, 5.41) is 2.82. The normalized spacial score (nSPS) is 21.1. The molecule has 1 amide bonds. The number of piperidine rings is 1. The highest BCUT2D eigenvalue weighted by molar-refractivity contribution is 5.76. The predicted molar refractivity (Wildman–Crippen MR) is 56.4 cm³/mol. The first-order chi connectivity index (χ1) is 7.25. The first-order valence-electron chi connectivity index (χ1n) is 5.18. The van der Waals surface area contributed by atoms with E-state index in [1.807, 2.05) is 6.07 Å². The van der Waals surface area contributed by atoms with Gasteiger partial charge in [-0.15, -0.1) is 0 Å². The Labute approximate surface area is 87.9 Å². The molecular weight excluding hydrogens is 192 g/mol. The molecule has 0 bridgehead atoms. The molecule has 4 nitrogen and oxygen atoms in total. The zero-order chi connectivity index (χ0) is 10.7. The Morgan fingerprint density at radius 3 is 2.93 bits per heavy atom. The lowest BCUT2D eigenvalue weighted by Gasteiger charge is -2.22. The highest BCUT2D eigenvalue weighted by Gasteiger charge is 2.18. The van der Waals surface area contributed by atoms with Gasteiger partial charge in [-0.25, -0.2) is 0 Å². The number of nitrogens with zero attached hydrogens (tertiary/aromatic N) is 1. The molecular formula is C11H14N2O2. The van der Waals surface area contributed by atoms with Crippen LogP contribution in [0.5, 0.6) is 0 Å². The number of pyridine rings is 1. The van der Waals surface area contributed by atoms with Crippen molar-refractivity contribution in [2.45, 2.75) is 19.4 Å². The van der Waals surface area contributed by atoms with Crippen molar-refractivity contribution in [2.75, 3.05) is 6.54 Å².